The zero-order chi connectivity index (χ0) is 11.8. The van der Waals surface area contributed by atoms with E-state index in [1.807, 2.05) is 0 Å². The van der Waals surface area contributed by atoms with E-state index in [9.17, 15) is 0 Å². The van der Waals surface area contributed by atoms with E-state index in [2.05, 4.69) is 20.8 Å². The number of hydrogen-bond donors (Lipinski definition) is 0. The van der Waals surface area contributed by atoms with Gasteiger partial charge in [0.1, 0.15) is 0 Å². The van der Waals surface area contributed by atoms with Crippen molar-refractivity contribution in [1.29, 1.82) is 0 Å². The molecule has 0 radical (unpaired) electrons. The Labute approximate surface area is 101 Å². The molecule has 1 aliphatic rings. The maximum Gasteiger partial charge on any atom is 0.0497 e. The molecule has 0 unspecified atom stereocenters. The minimum absolute atomic E-state index is 0.647. The van der Waals surface area contributed by atoms with Crippen molar-refractivity contribution in [2.24, 2.45) is 17.8 Å². The van der Waals surface area contributed by atoms with E-state index < -0.39 is 0 Å². The first kappa shape index (κ1) is 14.0. The summed E-state index contributed by atoms with van der Waals surface area (Å²) < 4.78 is 11.4. The lowest BCUT2D eigenvalue weighted by Crippen LogP contribution is -2.28. The summed E-state index contributed by atoms with van der Waals surface area (Å²) in [5.41, 5.74) is 0. The van der Waals surface area contributed by atoms with E-state index in [1.165, 1.54) is 25.7 Å². The van der Waals surface area contributed by atoms with Crippen LogP contribution in [-0.4, -0.2) is 26.4 Å². The Balaban J connectivity index is 2.23. The first-order valence-corrected chi connectivity index (χ1v) is 6.89. The fraction of sp³-hybridized carbons (Fsp3) is 1.00. The monoisotopic (exact) mass is 228 g/mol. The minimum Gasteiger partial charge on any atom is -0.381 e. The summed E-state index contributed by atoms with van der Waals surface area (Å²) in [6.45, 7) is 10.1. The molecule has 0 saturated heterocycles. The van der Waals surface area contributed by atoms with Crippen LogP contribution in [0.3, 0.4) is 0 Å². The van der Waals surface area contributed by atoms with Gasteiger partial charge in [-0.15, -0.1) is 0 Å². The summed E-state index contributed by atoms with van der Waals surface area (Å²) in [5, 5.41) is 0. The summed E-state index contributed by atoms with van der Waals surface area (Å²) in [5.74, 6) is 2.12. The van der Waals surface area contributed by atoms with E-state index in [-0.39, 0.29) is 0 Å². The van der Waals surface area contributed by atoms with Gasteiger partial charge in [0.05, 0.1) is 0 Å². The highest BCUT2D eigenvalue weighted by atomic mass is 16.5. The average Bonchev–Trinajstić information content (AvgIpc) is 2.27. The van der Waals surface area contributed by atoms with Gasteiger partial charge in [0.2, 0.25) is 0 Å². The molecule has 0 amide bonds. The molecule has 0 aromatic heterocycles. The van der Waals surface area contributed by atoms with Gasteiger partial charge in [-0.1, -0.05) is 26.7 Å². The van der Waals surface area contributed by atoms with Crippen molar-refractivity contribution in [1.82, 2.24) is 0 Å². The van der Waals surface area contributed by atoms with Crippen molar-refractivity contribution >= 4 is 0 Å². The van der Waals surface area contributed by atoms with Gasteiger partial charge in [-0.05, 0) is 37.5 Å². The van der Waals surface area contributed by atoms with Crippen LogP contribution in [0.1, 0.15) is 46.5 Å². The largest absolute Gasteiger partial charge is 0.381 e. The molecule has 0 heterocycles. The smallest absolute Gasteiger partial charge is 0.0497 e. The van der Waals surface area contributed by atoms with Crippen LogP contribution < -0.4 is 0 Å². The van der Waals surface area contributed by atoms with E-state index in [4.69, 9.17) is 9.47 Å². The lowest BCUT2D eigenvalue weighted by Gasteiger charge is -2.31. The van der Waals surface area contributed by atoms with E-state index in [0.717, 1.165) is 38.3 Å². The standard InChI is InChI=1S/C14H28O2/c1-4-15-10-13-7-5-6-8-14(13)11-16-9-12(2)3/h12-14H,4-11H2,1-3H3/t13-,14+/m0/s1. The average molecular weight is 228 g/mol. The second-order valence-electron chi connectivity index (χ2n) is 5.40. The van der Waals surface area contributed by atoms with Gasteiger partial charge in [-0.25, -0.2) is 0 Å². The Kier molecular flexibility index (Phi) is 7.06. The normalized spacial score (nSPS) is 26.2. The molecular weight excluding hydrogens is 200 g/mol. The van der Waals surface area contributed by atoms with Crippen LogP contribution in [0.5, 0.6) is 0 Å². The summed E-state index contributed by atoms with van der Waals surface area (Å²) in [6, 6.07) is 0. The predicted molar refractivity (Wildman–Crippen MR) is 67.6 cm³/mol. The number of hydrogen-bond acceptors (Lipinski definition) is 2. The van der Waals surface area contributed by atoms with E-state index in [0.29, 0.717) is 5.92 Å². The molecule has 0 aliphatic heterocycles. The van der Waals surface area contributed by atoms with Crippen LogP contribution in [0, 0.1) is 17.8 Å². The third-order valence-electron chi connectivity index (χ3n) is 3.39. The maximum atomic E-state index is 5.79. The zero-order valence-corrected chi connectivity index (χ0v) is 11.2. The van der Waals surface area contributed by atoms with Crippen molar-refractivity contribution in [3.63, 3.8) is 0 Å². The topological polar surface area (TPSA) is 18.5 Å². The molecule has 0 bridgehead atoms. The van der Waals surface area contributed by atoms with Gasteiger partial charge in [0.15, 0.2) is 0 Å². The molecule has 0 aromatic rings. The zero-order valence-electron chi connectivity index (χ0n) is 11.2. The molecular formula is C14H28O2. The molecule has 1 fully saturated rings. The van der Waals surface area contributed by atoms with Crippen LogP contribution in [0.25, 0.3) is 0 Å². The van der Waals surface area contributed by atoms with Crippen LogP contribution >= 0.6 is 0 Å². The van der Waals surface area contributed by atoms with Crippen molar-refractivity contribution in [2.75, 3.05) is 26.4 Å². The van der Waals surface area contributed by atoms with E-state index >= 15 is 0 Å². The quantitative estimate of drug-likeness (QED) is 0.664. The van der Waals surface area contributed by atoms with Crippen molar-refractivity contribution < 1.29 is 9.47 Å². The molecule has 2 nitrogen and oxygen atoms in total. The Hall–Kier alpha value is -0.0800. The van der Waals surface area contributed by atoms with E-state index in [1.54, 1.807) is 0 Å². The Bertz CT molecular complexity index is 168. The Morgan fingerprint density at radius 1 is 1.00 bits per heavy atom. The molecule has 16 heavy (non-hydrogen) atoms. The van der Waals surface area contributed by atoms with Gasteiger partial charge in [-0.2, -0.15) is 0 Å². The fourth-order valence-electron chi connectivity index (χ4n) is 2.45. The predicted octanol–water partition coefficient (Wildman–Crippen LogP) is 3.50. The lowest BCUT2D eigenvalue weighted by atomic mass is 9.80. The number of rotatable bonds is 7. The maximum absolute atomic E-state index is 5.79. The van der Waals surface area contributed by atoms with Gasteiger partial charge in [0.25, 0.3) is 0 Å². The molecule has 1 aliphatic carbocycles. The Morgan fingerprint density at radius 2 is 1.56 bits per heavy atom. The first-order valence-electron chi connectivity index (χ1n) is 6.89. The molecule has 0 aromatic carbocycles. The summed E-state index contributed by atoms with van der Waals surface area (Å²) in [6.07, 6.45) is 5.41. The minimum atomic E-state index is 0.647. The van der Waals surface area contributed by atoms with Crippen molar-refractivity contribution in [3.8, 4) is 0 Å². The van der Waals surface area contributed by atoms with Crippen LogP contribution in [-0.2, 0) is 9.47 Å². The van der Waals surface area contributed by atoms with Crippen LogP contribution in [0.2, 0.25) is 0 Å². The molecule has 1 saturated carbocycles. The molecule has 0 N–H and O–H groups in total. The van der Waals surface area contributed by atoms with Gasteiger partial charge in [0, 0.05) is 26.4 Å². The molecule has 0 spiro atoms. The summed E-state index contributed by atoms with van der Waals surface area (Å²) in [7, 11) is 0. The van der Waals surface area contributed by atoms with Crippen molar-refractivity contribution in [3.05, 3.63) is 0 Å². The third kappa shape index (κ3) is 5.31. The van der Waals surface area contributed by atoms with Gasteiger partial charge < -0.3 is 9.47 Å². The highest BCUT2D eigenvalue weighted by Gasteiger charge is 2.25. The van der Waals surface area contributed by atoms with Gasteiger partial charge in [-0.3, -0.25) is 0 Å². The van der Waals surface area contributed by atoms with Crippen molar-refractivity contribution in [2.45, 2.75) is 46.5 Å². The second-order valence-corrected chi connectivity index (χ2v) is 5.40. The number of ether oxygens (including phenoxy) is 2. The van der Waals surface area contributed by atoms with Crippen LogP contribution in [0.15, 0.2) is 0 Å². The molecule has 2 heteroatoms. The lowest BCUT2D eigenvalue weighted by molar-refractivity contribution is 0.0105. The second kappa shape index (κ2) is 8.08. The fourth-order valence-corrected chi connectivity index (χ4v) is 2.45. The summed E-state index contributed by atoms with van der Waals surface area (Å²) in [4.78, 5) is 0. The first-order chi connectivity index (χ1) is 7.74. The third-order valence-corrected chi connectivity index (χ3v) is 3.39. The summed E-state index contributed by atoms with van der Waals surface area (Å²) >= 11 is 0. The molecule has 2 atom stereocenters. The highest BCUT2D eigenvalue weighted by Crippen LogP contribution is 2.30. The Morgan fingerprint density at radius 3 is 2.06 bits per heavy atom. The van der Waals surface area contributed by atoms with Crippen LogP contribution in [0.4, 0.5) is 0 Å². The molecule has 1 rings (SSSR count). The SMILES string of the molecule is CCOC[C@@H]1CCCC[C@@H]1COCC(C)C. The molecule has 96 valence electrons. The van der Waals surface area contributed by atoms with Gasteiger partial charge >= 0.3 is 0 Å². The highest BCUT2D eigenvalue weighted by molar-refractivity contribution is 4.75.